The molecule has 0 aromatic heterocycles. The first-order valence-electron chi connectivity index (χ1n) is 5.46. The third-order valence-corrected chi connectivity index (χ3v) is 2.49. The standard InChI is InChI=1S/C12H16N2O2/c1-8(13)7-16-10-3-4-11-9(6-10)2-5-12(15)14-11/h3-4,6,8H,2,5,7,13H2,1H3,(H,14,15)/t8-/m1/s1. The lowest BCUT2D eigenvalue weighted by atomic mass is 10.0. The summed E-state index contributed by atoms with van der Waals surface area (Å²) in [6.45, 7) is 2.41. The summed E-state index contributed by atoms with van der Waals surface area (Å²) in [4.78, 5) is 11.2. The van der Waals surface area contributed by atoms with E-state index < -0.39 is 0 Å². The van der Waals surface area contributed by atoms with Crippen molar-refractivity contribution in [1.82, 2.24) is 0 Å². The third kappa shape index (κ3) is 2.52. The van der Waals surface area contributed by atoms with Crippen LogP contribution in [0.3, 0.4) is 0 Å². The molecule has 4 heteroatoms. The second-order valence-corrected chi connectivity index (χ2v) is 4.16. The van der Waals surface area contributed by atoms with Crippen molar-refractivity contribution in [3.05, 3.63) is 23.8 Å². The summed E-state index contributed by atoms with van der Waals surface area (Å²) >= 11 is 0. The zero-order chi connectivity index (χ0) is 11.5. The van der Waals surface area contributed by atoms with E-state index in [4.69, 9.17) is 10.5 Å². The topological polar surface area (TPSA) is 64.3 Å². The number of nitrogens with one attached hydrogen (secondary N) is 1. The first-order valence-corrected chi connectivity index (χ1v) is 5.46. The molecular weight excluding hydrogens is 204 g/mol. The minimum Gasteiger partial charge on any atom is -0.492 e. The summed E-state index contributed by atoms with van der Waals surface area (Å²) in [6, 6.07) is 5.73. The molecule has 1 aromatic rings. The molecule has 1 aliphatic heterocycles. The van der Waals surface area contributed by atoms with E-state index in [9.17, 15) is 4.79 Å². The van der Waals surface area contributed by atoms with Gasteiger partial charge in [-0.15, -0.1) is 0 Å². The van der Waals surface area contributed by atoms with Gasteiger partial charge in [0.1, 0.15) is 12.4 Å². The molecule has 0 bridgehead atoms. The smallest absolute Gasteiger partial charge is 0.224 e. The predicted octanol–water partition coefficient (Wildman–Crippen LogP) is 1.30. The Morgan fingerprint density at radius 1 is 1.50 bits per heavy atom. The maximum atomic E-state index is 11.2. The molecule has 1 aliphatic rings. The average molecular weight is 220 g/mol. The molecule has 0 fully saturated rings. The van der Waals surface area contributed by atoms with Gasteiger partial charge in [-0.25, -0.2) is 0 Å². The Labute approximate surface area is 94.8 Å². The molecular formula is C12H16N2O2. The first kappa shape index (κ1) is 11.0. The van der Waals surface area contributed by atoms with E-state index >= 15 is 0 Å². The number of hydrogen-bond donors (Lipinski definition) is 2. The molecule has 1 atom stereocenters. The van der Waals surface area contributed by atoms with Crippen LogP contribution in [0.25, 0.3) is 0 Å². The van der Waals surface area contributed by atoms with Crippen molar-refractivity contribution in [2.45, 2.75) is 25.8 Å². The van der Waals surface area contributed by atoms with Gasteiger partial charge in [0.25, 0.3) is 0 Å². The Hall–Kier alpha value is -1.55. The van der Waals surface area contributed by atoms with Gasteiger partial charge in [-0.1, -0.05) is 0 Å². The van der Waals surface area contributed by atoms with Crippen LogP contribution in [-0.2, 0) is 11.2 Å². The van der Waals surface area contributed by atoms with Crippen molar-refractivity contribution in [3.63, 3.8) is 0 Å². The Balaban J connectivity index is 2.10. The fraction of sp³-hybridized carbons (Fsp3) is 0.417. The highest BCUT2D eigenvalue weighted by molar-refractivity contribution is 5.93. The molecule has 0 saturated heterocycles. The minimum atomic E-state index is 0.0238. The van der Waals surface area contributed by atoms with Crippen LogP contribution < -0.4 is 15.8 Å². The van der Waals surface area contributed by atoms with Crippen molar-refractivity contribution >= 4 is 11.6 Å². The molecule has 4 nitrogen and oxygen atoms in total. The maximum Gasteiger partial charge on any atom is 0.224 e. The number of anilines is 1. The second kappa shape index (κ2) is 4.53. The highest BCUT2D eigenvalue weighted by atomic mass is 16.5. The van der Waals surface area contributed by atoms with Gasteiger partial charge in [-0.2, -0.15) is 0 Å². The molecule has 0 spiro atoms. The van der Waals surface area contributed by atoms with Crippen molar-refractivity contribution in [3.8, 4) is 5.75 Å². The molecule has 0 unspecified atom stereocenters. The monoisotopic (exact) mass is 220 g/mol. The van der Waals surface area contributed by atoms with E-state index in [1.807, 2.05) is 25.1 Å². The van der Waals surface area contributed by atoms with E-state index in [1.165, 1.54) is 0 Å². The van der Waals surface area contributed by atoms with Crippen LogP contribution in [0.2, 0.25) is 0 Å². The summed E-state index contributed by atoms with van der Waals surface area (Å²) in [5.41, 5.74) is 7.63. The molecule has 86 valence electrons. The Bertz CT molecular complexity index is 402. The summed E-state index contributed by atoms with van der Waals surface area (Å²) in [5, 5.41) is 2.83. The lowest BCUT2D eigenvalue weighted by Crippen LogP contribution is -2.24. The van der Waals surface area contributed by atoms with Gasteiger partial charge in [-0.3, -0.25) is 4.79 Å². The zero-order valence-corrected chi connectivity index (χ0v) is 9.32. The molecule has 1 aromatic carbocycles. The Morgan fingerprint density at radius 2 is 2.31 bits per heavy atom. The van der Waals surface area contributed by atoms with Crippen LogP contribution in [0.5, 0.6) is 5.75 Å². The number of carbonyl (C=O) groups excluding carboxylic acids is 1. The number of fused-ring (bicyclic) bond motifs is 1. The molecule has 3 N–H and O–H groups in total. The molecule has 0 saturated carbocycles. The number of nitrogens with two attached hydrogens (primary N) is 1. The highest BCUT2D eigenvalue weighted by Crippen LogP contribution is 2.26. The van der Waals surface area contributed by atoms with Crippen molar-refractivity contribution in [1.29, 1.82) is 0 Å². The molecule has 16 heavy (non-hydrogen) atoms. The van der Waals surface area contributed by atoms with E-state index in [0.717, 1.165) is 23.4 Å². The molecule has 0 radical (unpaired) electrons. The summed E-state index contributed by atoms with van der Waals surface area (Å²) < 4.78 is 5.52. The Morgan fingerprint density at radius 3 is 3.06 bits per heavy atom. The normalized spacial score (nSPS) is 16.2. The number of rotatable bonds is 3. The average Bonchev–Trinajstić information content (AvgIpc) is 2.26. The predicted molar refractivity (Wildman–Crippen MR) is 62.5 cm³/mol. The third-order valence-electron chi connectivity index (χ3n) is 2.49. The number of hydrogen-bond acceptors (Lipinski definition) is 3. The van der Waals surface area contributed by atoms with E-state index in [-0.39, 0.29) is 11.9 Å². The number of benzene rings is 1. The zero-order valence-electron chi connectivity index (χ0n) is 9.32. The van der Waals surface area contributed by atoms with Crippen LogP contribution in [0.15, 0.2) is 18.2 Å². The van der Waals surface area contributed by atoms with Gasteiger partial charge < -0.3 is 15.8 Å². The fourth-order valence-electron chi connectivity index (χ4n) is 1.68. The SMILES string of the molecule is C[C@@H](N)COc1ccc2c(c1)CCC(=O)N2. The van der Waals surface area contributed by atoms with Gasteiger partial charge in [0, 0.05) is 18.2 Å². The van der Waals surface area contributed by atoms with Crippen LogP contribution >= 0.6 is 0 Å². The minimum absolute atomic E-state index is 0.0238. The van der Waals surface area contributed by atoms with Crippen LogP contribution in [0.4, 0.5) is 5.69 Å². The Kier molecular flexibility index (Phi) is 3.10. The quantitative estimate of drug-likeness (QED) is 0.807. The molecule has 1 heterocycles. The van der Waals surface area contributed by atoms with Crippen LogP contribution in [0, 0.1) is 0 Å². The molecule has 0 aliphatic carbocycles. The lowest BCUT2D eigenvalue weighted by molar-refractivity contribution is -0.116. The van der Waals surface area contributed by atoms with E-state index in [1.54, 1.807) is 0 Å². The fourth-order valence-corrected chi connectivity index (χ4v) is 1.68. The van der Waals surface area contributed by atoms with E-state index in [0.29, 0.717) is 13.0 Å². The number of carbonyl (C=O) groups is 1. The van der Waals surface area contributed by atoms with Gasteiger partial charge in [0.2, 0.25) is 5.91 Å². The summed E-state index contributed by atoms with van der Waals surface area (Å²) in [7, 11) is 0. The largest absolute Gasteiger partial charge is 0.492 e. The number of amides is 1. The maximum absolute atomic E-state index is 11.2. The second-order valence-electron chi connectivity index (χ2n) is 4.16. The number of ether oxygens (including phenoxy) is 1. The molecule has 1 amide bonds. The van der Waals surface area contributed by atoms with Gasteiger partial charge in [0.15, 0.2) is 0 Å². The van der Waals surface area contributed by atoms with Gasteiger partial charge in [0.05, 0.1) is 0 Å². The van der Waals surface area contributed by atoms with Crippen LogP contribution in [0.1, 0.15) is 18.9 Å². The van der Waals surface area contributed by atoms with Crippen molar-refractivity contribution in [2.24, 2.45) is 5.73 Å². The van der Waals surface area contributed by atoms with E-state index in [2.05, 4.69) is 5.32 Å². The highest BCUT2D eigenvalue weighted by Gasteiger charge is 2.14. The summed E-state index contributed by atoms with van der Waals surface area (Å²) in [6.07, 6.45) is 1.32. The number of aryl methyl sites for hydroxylation is 1. The van der Waals surface area contributed by atoms with Gasteiger partial charge >= 0.3 is 0 Å². The lowest BCUT2D eigenvalue weighted by Gasteiger charge is -2.18. The van der Waals surface area contributed by atoms with Crippen LogP contribution in [-0.4, -0.2) is 18.6 Å². The van der Waals surface area contributed by atoms with Gasteiger partial charge in [-0.05, 0) is 37.1 Å². The summed E-state index contributed by atoms with van der Waals surface area (Å²) in [5.74, 6) is 0.893. The van der Waals surface area contributed by atoms with Crippen molar-refractivity contribution < 1.29 is 9.53 Å². The molecule has 2 rings (SSSR count). The van der Waals surface area contributed by atoms with Crippen molar-refractivity contribution in [2.75, 3.05) is 11.9 Å². The first-order chi connectivity index (χ1) is 7.65.